The Balaban J connectivity index is 1.87. The topological polar surface area (TPSA) is 41.5 Å². The fraction of sp³-hybridized carbons (Fsp3) is 1.00. The van der Waals surface area contributed by atoms with Crippen molar-refractivity contribution in [1.29, 1.82) is 0 Å². The van der Waals surface area contributed by atoms with Crippen LogP contribution in [0, 0.1) is 5.92 Å². The van der Waals surface area contributed by atoms with Gasteiger partial charge in [-0.3, -0.25) is 0 Å². The molecule has 1 rings (SSSR count). The molecule has 0 heterocycles. The molecule has 0 aliphatic heterocycles. The maximum absolute atomic E-state index is 9.44. The van der Waals surface area contributed by atoms with E-state index in [4.69, 9.17) is 4.74 Å². The summed E-state index contributed by atoms with van der Waals surface area (Å²) in [5.74, 6) is 0.873. The molecule has 3 nitrogen and oxygen atoms in total. The molecule has 1 aliphatic rings. The van der Waals surface area contributed by atoms with Crippen LogP contribution in [-0.2, 0) is 4.74 Å². The van der Waals surface area contributed by atoms with E-state index in [9.17, 15) is 5.11 Å². The van der Waals surface area contributed by atoms with Crippen molar-refractivity contribution in [2.45, 2.75) is 38.9 Å². The molecule has 2 N–H and O–H groups in total. The molecular weight excluding hydrogens is 166 g/mol. The lowest BCUT2D eigenvalue weighted by Gasteiger charge is -2.13. The minimum absolute atomic E-state index is 0.207. The van der Waals surface area contributed by atoms with Gasteiger partial charge in [-0.15, -0.1) is 0 Å². The van der Waals surface area contributed by atoms with Gasteiger partial charge in [0.1, 0.15) is 0 Å². The summed E-state index contributed by atoms with van der Waals surface area (Å²) in [5, 5.41) is 12.7. The van der Waals surface area contributed by atoms with E-state index in [1.807, 2.05) is 13.8 Å². The first kappa shape index (κ1) is 11.0. The number of rotatable bonds is 7. The second-order valence-corrected chi connectivity index (χ2v) is 4.14. The van der Waals surface area contributed by atoms with Crippen LogP contribution in [0.3, 0.4) is 0 Å². The van der Waals surface area contributed by atoms with Crippen molar-refractivity contribution in [2.75, 3.05) is 19.7 Å². The van der Waals surface area contributed by atoms with Gasteiger partial charge in [0.05, 0.1) is 18.8 Å². The summed E-state index contributed by atoms with van der Waals surface area (Å²) in [4.78, 5) is 0. The Labute approximate surface area is 80.5 Å². The summed E-state index contributed by atoms with van der Waals surface area (Å²) in [6.45, 7) is 6.10. The third kappa shape index (κ3) is 6.02. The highest BCUT2D eigenvalue weighted by atomic mass is 16.5. The zero-order valence-electron chi connectivity index (χ0n) is 8.62. The molecule has 0 amide bonds. The van der Waals surface area contributed by atoms with E-state index in [-0.39, 0.29) is 12.2 Å². The van der Waals surface area contributed by atoms with E-state index in [2.05, 4.69) is 5.32 Å². The van der Waals surface area contributed by atoms with Gasteiger partial charge in [0, 0.05) is 6.54 Å². The summed E-state index contributed by atoms with van der Waals surface area (Å²) >= 11 is 0. The van der Waals surface area contributed by atoms with E-state index < -0.39 is 0 Å². The molecule has 0 aromatic rings. The maximum atomic E-state index is 9.44. The van der Waals surface area contributed by atoms with Crippen LogP contribution in [0.4, 0.5) is 0 Å². The van der Waals surface area contributed by atoms with Crippen molar-refractivity contribution >= 4 is 0 Å². The maximum Gasteiger partial charge on any atom is 0.0897 e. The third-order valence-corrected chi connectivity index (χ3v) is 2.13. The zero-order chi connectivity index (χ0) is 9.68. The monoisotopic (exact) mass is 187 g/mol. The minimum atomic E-state index is -0.360. The molecule has 0 radical (unpaired) electrons. The van der Waals surface area contributed by atoms with Crippen LogP contribution in [0.1, 0.15) is 26.7 Å². The number of hydrogen-bond donors (Lipinski definition) is 2. The van der Waals surface area contributed by atoms with Gasteiger partial charge in [-0.05, 0) is 39.2 Å². The normalized spacial score (nSPS) is 19.4. The molecule has 0 bridgehead atoms. The summed E-state index contributed by atoms with van der Waals surface area (Å²) in [7, 11) is 0. The molecule has 0 aromatic carbocycles. The van der Waals surface area contributed by atoms with Gasteiger partial charge >= 0.3 is 0 Å². The average molecular weight is 187 g/mol. The van der Waals surface area contributed by atoms with Crippen molar-refractivity contribution in [1.82, 2.24) is 5.32 Å². The van der Waals surface area contributed by atoms with Crippen molar-refractivity contribution in [3.8, 4) is 0 Å². The SMILES string of the molecule is CC(C)OCC(O)CNCC1CC1. The Morgan fingerprint density at radius 2 is 2.15 bits per heavy atom. The van der Waals surface area contributed by atoms with Gasteiger partial charge in [-0.1, -0.05) is 0 Å². The van der Waals surface area contributed by atoms with Gasteiger partial charge in [-0.2, -0.15) is 0 Å². The highest BCUT2D eigenvalue weighted by molar-refractivity contribution is 4.75. The number of nitrogens with one attached hydrogen (secondary N) is 1. The lowest BCUT2D eigenvalue weighted by atomic mass is 10.3. The lowest BCUT2D eigenvalue weighted by Crippen LogP contribution is -2.32. The predicted octanol–water partition coefficient (Wildman–Crippen LogP) is 0.772. The average Bonchev–Trinajstić information content (AvgIpc) is 2.84. The molecule has 13 heavy (non-hydrogen) atoms. The fourth-order valence-corrected chi connectivity index (χ4v) is 1.14. The highest BCUT2D eigenvalue weighted by Crippen LogP contribution is 2.27. The summed E-state index contributed by atoms with van der Waals surface area (Å²) in [6.07, 6.45) is 2.55. The molecule has 1 fully saturated rings. The summed E-state index contributed by atoms with van der Waals surface area (Å²) in [6, 6.07) is 0. The van der Waals surface area contributed by atoms with E-state index in [1.165, 1.54) is 12.8 Å². The first-order chi connectivity index (χ1) is 6.18. The first-order valence-corrected chi connectivity index (χ1v) is 5.19. The van der Waals surface area contributed by atoms with Crippen LogP contribution >= 0.6 is 0 Å². The molecule has 0 spiro atoms. The van der Waals surface area contributed by atoms with Crippen molar-refractivity contribution in [3.63, 3.8) is 0 Å². The number of hydrogen-bond acceptors (Lipinski definition) is 3. The molecule has 0 saturated heterocycles. The van der Waals surface area contributed by atoms with Crippen molar-refractivity contribution in [2.24, 2.45) is 5.92 Å². The quantitative estimate of drug-likeness (QED) is 0.618. The minimum Gasteiger partial charge on any atom is -0.389 e. The molecule has 1 aliphatic carbocycles. The Morgan fingerprint density at radius 3 is 2.69 bits per heavy atom. The second kappa shape index (κ2) is 5.58. The number of aliphatic hydroxyl groups is 1. The van der Waals surface area contributed by atoms with E-state index in [0.29, 0.717) is 13.2 Å². The first-order valence-electron chi connectivity index (χ1n) is 5.19. The standard InChI is InChI=1S/C10H21NO2/c1-8(2)13-7-10(12)6-11-5-9-3-4-9/h8-12H,3-7H2,1-2H3. The van der Waals surface area contributed by atoms with Crippen LogP contribution < -0.4 is 5.32 Å². The van der Waals surface area contributed by atoms with Gasteiger partial charge < -0.3 is 15.2 Å². The predicted molar refractivity (Wildman–Crippen MR) is 52.7 cm³/mol. The van der Waals surface area contributed by atoms with Crippen LogP contribution in [-0.4, -0.2) is 37.0 Å². The lowest BCUT2D eigenvalue weighted by molar-refractivity contribution is 0.00639. The molecular formula is C10H21NO2. The molecule has 1 atom stereocenters. The van der Waals surface area contributed by atoms with Crippen LogP contribution in [0.15, 0.2) is 0 Å². The molecule has 1 saturated carbocycles. The second-order valence-electron chi connectivity index (χ2n) is 4.14. The van der Waals surface area contributed by atoms with Crippen molar-refractivity contribution < 1.29 is 9.84 Å². The Morgan fingerprint density at radius 1 is 1.46 bits per heavy atom. The number of aliphatic hydroxyl groups excluding tert-OH is 1. The van der Waals surface area contributed by atoms with Crippen LogP contribution in [0.5, 0.6) is 0 Å². The van der Waals surface area contributed by atoms with Gasteiger partial charge in [0.25, 0.3) is 0 Å². The van der Waals surface area contributed by atoms with E-state index >= 15 is 0 Å². The molecule has 1 unspecified atom stereocenters. The molecule has 78 valence electrons. The van der Waals surface area contributed by atoms with Crippen LogP contribution in [0.2, 0.25) is 0 Å². The molecule has 0 aromatic heterocycles. The van der Waals surface area contributed by atoms with E-state index in [1.54, 1.807) is 0 Å². The third-order valence-electron chi connectivity index (χ3n) is 2.13. The number of ether oxygens (including phenoxy) is 1. The van der Waals surface area contributed by atoms with Gasteiger partial charge in [0.2, 0.25) is 0 Å². The Bertz CT molecular complexity index is 135. The Kier molecular flexibility index (Phi) is 4.70. The fourth-order valence-electron chi connectivity index (χ4n) is 1.14. The van der Waals surface area contributed by atoms with Gasteiger partial charge in [0.15, 0.2) is 0 Å². The summed E-state index contributed by atoms with van der Waals surface area (Å²) < 4.78 is 5.29. The zero-order valence-corrected chi connectivity index (χ0v) is 8.62. The largest absolute Gasteiger partial charge is 0.389 e. The highest BCUT2D eigenvalue weighted by Gasteiger charge is 2.20. The van der Waals surface area contributed by atoms with Crippen LogP contribution in [0.25, 0.3) is 0 Å². The van der Waals surface area contributed by atoms with Crippen molar-refractivity contribution in [3.05, 3.63) is 0 Å². The molecule has 3 heteroatoms. The smallest absolute Gasteiger partial charge is 0.0897 e. The van der Waals surface area contributed by atoms with Gasteiger partial charge in [-0.25, -0.2) is 0 Å². The van der Waals surface area contributed by atoms with E-state index in [0.717, 1.165) is 12.5 Å². The summed E-state index contributed by atoms with van der Waals surface area (Å²) in [5.41, 5.74) is 0. The Hall–Kier alpha value is -0.120.